The van der Waals surface area contributed by atoms with Gasteiger partial charge in [0.1, 0.15) is 0 Å². The summed E-state index contributed by atoms with van der Waals surface area (Å²) in [6.45, 7) is 12.7. The molecule has 0 spiro atoms. The number of aliphatic imine (C=N–C) groups is 1. The van der Waals surface area contributed by atoms with Gasteiger partial charge in [-0.25, -0.2) is 0 Å². The summed E-state index contributed by atoms with van der Waals surface area (Å²) in [5.41, 5.74) is 0.114. The van der Waals surface area contributed by atoms with Crippen molar-refractivity contribution in [1.82, 2.24) is 10.6 Å². The molecule has 0 aromatic heterocycles. The summed E-state index contributed by atoms with van der Waals surface area (Å²) in [6, 6.07) is 0. The molecule has 0 heterocycles. The van der Waals surface area contributed by atoms with E-state index in [-0.39, 0.29) is 36.0 Å². The Morgan fingerprint density at radius 3 is 2.32 bits per heavy atom. The third-order valence-electron chi connectivity index (χ3n) is 4.02. The summed E-state index contributed by atoms with van der Waals surface area (Å²) < 4.78 is 5.33. The molecule has 6 heteroatoms. The number of guanidine groups is 1. The van der Waals surface area contributed by atoms with E-state index < -0.39 is 0 Å². The maximum Gasteiger partial charge on any atom is 0.191 e. The highest BCUT2D eigenvalue weighted by atomic mass is 127. The largest absolute Gasteiger partial charge is 0.396 e. The molecule has 0 aliphatic carbocycles. The van der Waals surface area contributed by atoms with Crippen molar-refractivity contribution in [3.8, 4) is 0 Å². The molecule has 0 aromatic carbocycles. The van der Waals surface area contributed by atoms with Gasteiger partial charge in [0.25, 0.3) is 0 Å². The van der Waals surface area contributed by atoms with Crippen LogP contribution in [-0.4, -0.2) is 50.5 Å². The summed E-state index contributed by atoms with van der Waals surface area (Å²) in [7, 11) is 0. The lowest BCUT2D eigenvalue weighted by atomic mass is 9.79. The van der Waals surface area contributed by atoms with Crippen molar-refractivity contribution in [3.05, 3.63) is 0 Å². The van der Waals surface area contributed by atoms with Gasteiger partial charge in [-0.3, -0.25) is 4.99 Å². The van der Waals surface area contributed by atoms with E-state index in [0.29, 0.717) is 0 Å². The van der Waals surface area contributed by atoms with Crippen LogP contribution in [-0.2, 0) is 4.74 Å². The number of aliphatic hydroxyl groups excluding tert-OH is 1. The van der Waals surface area contributed by atoms with E-state index in [2.05, 4.69) is 31.4 Å². The monoisotopic (exact) mass is 429 g/mol. The quantitative estimate of drug-likeness (QED) is 0.193. The summed E-state index contributed by atoms with van der Waals surface area (Å²) in [5, 5.41) is 15.9. The number of nitrogens with zero attached hydrogens (tertiary/aromatic N) is 1. The standard InChI is InChI=1S/C16H35N3O2.HI/c1-5-16(6-2,10-12-20)14-19-15(17-7-3)18-11-9-13-21-8-4;/h20H,5-14H2,1-4H3,(H2,17,18,19);1H. The Hall–Kier alpha value is -0.0800. The number of ether oxygens (including phenoxy) is 1. The molecule has 0 amide bonds. The van der Waals surface area contributed by atoms with Crippen LogP contribution in [0.5, 0.6) is 0 Å². The second kappa shape index (κ2) is 15.8. The Bertz CT molecular complexity index is 272. The predicted octanol–water partition coefficient (Wildman–Crippen LogP) is 2.77. The molecule has 134 valence electrons. The first-order valence-corrected chi connectivity index (χ1v) is 8.38. The van der Waals surface area contributed by atoms with Gasteiger partial charge >= 0.3 is 0 Å². The highest BCUT2D eigenvalue weighted by Crippen LogP contribution is 2.30. The third-order valence-corrected chi connectivity index (χ3v) is 4.02. The Morgan fingerprint density at radius 2 is 1.82 bits per heavy atom. The van der Waals surface area contributed by atoms with Gasteiger partial charge in [0.05, 0.1) is 0 Å². The molecule has 0 radical (unpaired) electrons. The third kappa shape index (κ3) is 10.6. The summed E-state index contributed by atoms with van der Waals surface area (Å²) in [5.74, 6) is 0.859. The van der Waals surface area contributed by atoms with Gasteiger partial charge in [-0.15, -0.1) is 24.0 Å². The van der Waals surface area contributed by atoms with Crippen LogP contribution in [0, 0.1) is 5.41 Å². The van der Waals surface area contributed by atoms with E-state index in [0.717, 1.165) is 64.5 Å². The fourth-order valence-corrected chi connectivity index (χ4v) is 2.26. The van der Waals surface area contributed by atoms with Crippen LogP contribution in [0.3, 0.4) is 0 Å². The molecule has 0 unspecified atom stereocenters. The van der Waals surface area contributed by atoms with E-state index in [4.69, 9.17) is 9.73 Å². The van der Waals surface area contributed by atoms with Gasteiger partial charge in [0.15, 0.2) is 5.96 Å². The average molecular weight is 429 g/mol. The molecular weight excluding hydrogens is 393 g/mol. The SMILES string of the molecule is CCNC(=NCC(CC)(CC)CCO)NCCCOCC.I. The molecule has 0 rings (SSSR count). The zero-order valence-corrected chi connectivity index (χ0v) is 17.1. The molecule has 5 nitrogen and oxygen atoms in total. The number of rotatable bonds is 12. The Labute approximate surface area is 153 Å². The molecule has 0 aliphatic heterocycles. The van der Waals surface area contributed by atoms with Crippen LogP contribution >= 0.6 is 24.0 Å². The normalized spacial score (nSPS) is 12.0. The molecule has 22 heavy (non-hydrogen) atoms. The van der Waals surface area contributed by atoms with Gasteiger partial charge in [-0.05, 0) is 44.9 Å². The zero-order valence-electron chi connectivity index (χ0n) is 14.8. The van der Waals surface area contributed by atoms with Gasteiger partial charge < -0.3 is 20.5 Å². The lowest BCUT2D eigenvalue weighted by Gasteiger charge is -2.29. The van der Waals surface area contributed by atoms with Crippen LogP contribution in [0.4, 0.5) is 0 Å². The molecule has 0 fully saturated rings. The van der Waals surface area contributed by atoms with E-state index in [1.54, 1.807) is 0 Å². The van der Waals surface area contributed by atoms with Crippen LogP contribution in [0.1, 0.15) is 53.4 Å². The van der Waals surface area contributed by atoms with Crippen molar-refractivity contribution < 1.29 is 9.84 Å². The Balaban J connectivity index is 0. The first-order chi connectivity index (χ1) is 10.2. The zero-order chi connectivity index (χ0) is 16.0. The lowest BCUT2D eigenvalue weighted by molar-refractivity contribution is 0.145. The molecular formula is C16H36IN3O2. The fraction of sp³-hybridized carbons (Fsp3) is 0.938. The summed E-state index contributed by atoms with van der Waals surface area (Å²) in [4.78, 5) is 4.71. The van der Waals surface area contributed by atoms with E-state index in [1.165, 1.54) is 0 Å². The molecule has 0 bridgehead atoms. The first-order valence-electron chi connectivity index (χ1n) is 8.38. The van der Waals surface area contributed by atoms with Gasteiger partial charge in [-0.2, -0.15) is 0 Å². The van der Waals surface area contributed by atoms with Gasteiger partial charge in [-0.1, -0.05) is 13.8 Å². The minimum atomic E-state index is 0. The molecule has 0 aliphatic rings. The van der Waals surface area contributed by atoms with Crippen molar-refractivity contribution in [1.29, 1.82) is 0 Å². The minimum Gasteiger partial charge on any atom is -0.396 e. The van der Waals surface area contributed by atoms with Crippen LogP contribution < -0.4 is 10.6 Å². The van der Waals surface area contributed by atoms with Crippen LogP contribution in [0.25, 0.3) is 0 Å². The molecule has 3 N–H and O–H groups in total. The van der Waals surface area contributed by atoms with E-state index in [9.17, 15) is 5.11 Å². The first kappa shape index (κ1) is 24.2. The highest BCUT2D eigenvalue weighted by Gasteiger charge is 2.25. The highest BCUT2D eigenvalue weighted by molar-refractivity contribution is 14.0. The molecule has 0 atom stereocenters. The van der Waals surface area contributed by atoms with Crippen LogP contribution in [0.2, 0.25) is 0 Å². The van der Waals surface area contributed by atoms with Crippen molar-refractivity contribution in [2.75, 3.05) is 39.5 Å². The van der Waals surface area contributed by atoms with Crippen molar-refractivity contribution >= 4 is 29.9 Å². The van der Waals surface area contributed by atoms with Crippen LogP contribution in [0.15, 0.2) is 4.99 Å². The Kier molecular flexibility index (Phi) is 17.4. The van der Waals surface area contributed by atoms with Crippen molar-refractivity contribution in [2.45, 2.75) is 53.4 Å². The number of nitrogens with one attached hydrogen (secondary N) is 2. The molecule has 0 aromatic rings. The molecule has 0 saturated carbocycles. The average Bonchev–Trinajstić information content (AvgIpc) is 2.51. The number of halogens is 1. The second-order valence-corrected chi connectivity index (χ2v) is 5.35. The predicted molar refractivity (Wildman–Crippen MR) is 105 cm³/mol. The summed E-state index contributed by atoms with van der Waals surface area (Å²) in [6.07, 6.45) is 3.86. The smallest absolute Gasteiger partial charge is 0.191 e. The summed E-state index contributed by atoms with van der Waals surface area (Å²) >= 11 is 0. The van der Waals surface area contributed by atoms with Gasteiger partial charge in [0, 0.05) is 39.5 Å². The van der Waals surface area contributed by atoms with Crippen molar-refractivity contribution in [3.63, 3.8) is 0 Å². The van der Waals surface area contributed by atoms with E-state index in [1.807, 2.05) is 6.92 Å². The fourth-order valence-electron chi connectivity index (χ4n) is 2.26. The number of hydrogen-bond acceptors (Lipinski definition) is 3. The lowest BCUT2D eigenvalue weighted by Crippen LogP contribution is -2.39. The van der Waals surface area contributed by atoms with E-state index >= 15 is 0 Å². The maximum atomic E-state index is 9.26. The Morgan fingerprint density at radius 1 is 1.14 bits per heavy atom. The topological polar surface area (TPSA) is 65.9 Å². The number of aliphatic hydroxyl groups is 1. The van der Waals surface area contributed by atoms with Crippen molar-refractivity contribution in [2.24, 2.45) is 10.4 Å². The molecule has 0 saturated heterocycles. The number of hydrogen-bond donors (Lipinski definition) is 3. The van der Waals surface area contributed by atoms with Gasteiger partial charge in [0.2, 0.25) is 0 Å². The second-order valence-electron chi connectivity index (χ2n) is 5.35. The maximum absolute atomic E-state index is 9.26. The minimum absolute atomic E-state index is 0.